The van der Waals surface area contributed by atoms with Crippen LogP contribution in [0.3, 0.4) is 0 Å². The third-order valence-electron chi connectivity index (χ3n) is 3.14. The lowest BCUT2D eigenvalue weighted by atomic mass is 9.75. The summed E-state index contributed by atoms with van der Waals surface area (Å²) in [6.07, 6.45) is 13.0. The lowest BCUT2D eigenvalue weighted by molar-refractivity contribution is 0.265. The van der Waals surface area contributed by atoms with E-state index in [1.807, 2.05) is 0 Å². The lowest BCUT2D eigenvalue weighted by Gasteiger charge is -2.37. The molecule has 0 bridgehead atoms. The summed E-state index contributed by atoms with van der Waals surface area (Å²) in [5, 5.41) is 3.50. The fourth-order valence-electron chi connectivity index (χ4n) is 2.41. The third kappa shape index (κ3) is 3.64. The first-order chi connectivity index (χ1) is 7.37. The van der Waals surface area contributed by atoms with E-state index in [0.29, 0.717) is 5.41 Å². The Morgan fingerprint density at radius 2 is 1.81 bits per heavy atom. The number of likely N-dealkylation sites (N-methyl/N-ethyl adjacent to an activating group) is 1. The van der Waals surface area contributed by atoms with Crippen LogP contribution >= 0.6 is 0 Å². The molecule has 0 amide bonds. The van der Waals surface area contributed by atoms with Crippen molar-refractivity contribution < 1.29 is 0 Å². The summed E-state index contributed by atoms with van der Waals surface area (Å²) in [4.78, 5) is 0. The first kappa shape index (κ1) is 13.2. The van der Waals surface area contributed by atoms with Crippen LogP contribution in [-0.2, 0) is 0 Å². The highest BCUT2D eigenvalue weighted by atomic mass is 14.9. The molecule has 1 heteroatoms. The predicted molar refractivity (Wildman–Crippen MR) is 72.5 cm³/mol. The lowest BCUT2D eigenvalue weighted by Crippen LogP contribution is -2.44. The minimum Gasteiger partial charge on any atom is -0.311 e. The smallest absolute Gasteiger partial charge is 0.0373 e. The molecule has 1 aliphatic carbocycles. The second kappa shape index (κ2) is 5.01. The fraction of sp³-hybridized carbons (Fsp3) is 0.600. The molecule has 0 aromatic heterocycles. The summed E-state index contributed by atoms with van der Waals surface area (Å²) >= 11 is 0. The molecule has 0 aromatic carbocycles. The van der Waals surface area contributed by atoms with Gasteiger partial charge in [-0.15, -0.1) is 0 Å². The Labute approximate surface area is 100 Å². The van der Waals surface area contributed by atoms with E-state index in [2.05, 4.69) is 70.4 Å². The van der Waals surface area contributed by atoms with E-state index in [4.69, 9.17) is 0 Å². The minimum absolute atomic E-state index is 0.0945. The van der Waals surface area contributed by atoms with E-state index >= 15 is 0 Å². The number of nitrogens with one attached hydrogen (secondary N) is 1. The second-order valence-corrected chi connectivity index (χ2v) is 6.03. The minimum atomic E-state index is 0.0945. The molecule has 0 aromatic rings. The van der Waals surface area contributed by atoms with Crippen molar-refractivity contribution in [3.63, 3.8) is 0 Å². The van der Waals surface area contributed by atoms with Crippen LogP contribution in [-0.4, -0.2) is 12.6 Å². The monoisotopic (exact) mass is 219 g/mol. The number of hydrogen-bond acceptors (Lipinski definition) is 1. The van der Waals surface area contributed by atoms with Gasteiger partial charge in [-0.1, -0.05) is 51.2 Å². The van der Waals surface area contributed by atoms with Gasteiger partial charge in [0.2, 0.25) is 0 Å². The van der Waals surface area contributed by atoms with Crippen LogP contribution in [0.1, 0.15) is 40.5 Å². The largest absolute Gasteiger partial charge is 0.311 e. The molecular weight excluding hydrogens is 194 g/mol. The molecule has 1 rings (SSSR count). The Balaban J connectivity index is 2.91. The molecule has 0 saturated carbocycles. The Morgan fingerprint density at radius 3 is 2.38 bits per heavy atom. The molecule has 1 unspecified atom stereocenters. The first-order valence-corrected chi connectivity index (χ1v) is 6.09. The van der Waals surface area contributed by atoms with Crippen molar-refractivity contribution in [2.24, 2.45) is 5.41 Å². The van der Waals surface area contributed by atoms with Gasteiger partial charge in [-0.3, -0.25) is 0 Å². The Kier molecular flexibility index (Phi) is 4.15. The van der Waals surface area contributed by atoms with E-state index in [0.717, 1.165) is 12.8 Å². The predicted octanol–water partition coefficient (Wildman–Crippen LogP) is 3.84. The van der Waals surface area contributed by atoms with Gasteiger partial charge in [0.15, 0.2) is 0 Å². The highest BCUT2D eigenvalue weighted by Gasteiger charge is 2.31. The SMILES string of the molecule is CNC(C)(CC(C)(C)C)C1=CC=CC=CC1. The van der Waals surface area contributed by atoms with Crippen molar-refractivity contribution in [3.05, 3.63) is 36.0 Å². The summed E-state index contributed by atoms with van der Waals surface area (Å²) in [5.74, 6) is 0. The normalized spacial score (nSPS) is 20.2. The van der Waals surface area contributed by atoms with Crippen LogP contribution < -0.4 is 5.32 Å². The molecule has 0 saturated heterocycles. The van der Waals surface area contributed by atoms with Crippen molar-refractivity contribution in [1.82, 2.24) is 5.32 Å². The van der Waals surface area contributed by atoms with E-state index in [1.165, 1.54) is 5.57 Å². The maximum atomic E-state index is 3.50. The van der Waals surface area contributed by atoms with Gasteiger partial charge in [-0.2, -0.15) is 0 Å². The van der Waals surface area contributed by atoms with Crippen molar-refractivity contribution in [3.8, 4) is 0 Å². The summed E-state index contributed by atoms with van der Waals surface area (Å²) in [5.41, 5.74) is 1.89. The maximum Gasteiger partial charge on any atom is 0.0373 e. The Hall–Kier alpha value is -0.820. The molecule has 0 spiro atoms. The Bertz CT molecular complexity index is 315. The number of rotatable bonds is 3. The Morgan fingerprint density at radius 1 is 1.12 bits per heavy atom. The van der Waals surface area contributed by atoms with Crippen LogP contribution in [0.5, 0.6) is 0 Å². The average molecular weight is 219 g/mol. The van der Waals surface area contributed by atoms with Gasteiger partial charge < -0.3 is 5.32 Å². The fourth-order valence-corrected chi connectivity index (χ4v) is 2.41. The number of hydrogen-bond donors (Lipinski definition) is 1. The highest BCUT2D eigenvalue weighted by Crippen LogP contribution is 2.33. The van der Waals surface area contributed by atoms with Gasteiger partial charge in [0.05, 0.1) is 0 Å². The quantitative estimate of drug-likeness (QED) is 0.760. The van der Waals surface area contributed by atoms with E-state index in [1.54, 1.807) is 0 Å². The topological polar surface area (TPSA) is 12.0 Å². The standard InChI is InChI=1S/C15H25N/c1-14(2,3)12-15(4,16-5)13-10-8-6-7-9-11-13/h6-10,16H,11-12H2,1-5H3. The molecule has 0 heterocycles. The first-order valence-electron chi connectivity index (χ1n) is 6.09. The van der Waals surface area contributed by atoms with Crippen LogP contribution in [0, 0.1) is 5.41 Å². The maximum absolute atomic E-state index is 3.50. The van der Waals surface area contributed by atoms with Crippen LogP contribution in [0.2, 0.25) is 0 Å². The van der Waals surface area contributed by atoms with Gasteiger partial charge >= 0.3 is 0 Å². The zero-order chi connectivity index (χ0) is 12.2. The van der Waals surface area contributed by atoms with E-state index in [-0.39, 0.29) is 5.54 Å². The van der Waals surface area contributed by atoms with Crippen LogP contribution in [0.4, 0.5) is 0 Å². The molecule has 90 valence electrons. The molecule has 0 radical (unpaired) electrons. The van der Waals surface area contributed by atoms with Crippen LogP contribution in [0.25, 0.3) is 0 Å². The zero-order valence-electron chi connectivity index (χ0n) is 11.3. The molecule has 1 nitrogen and oxygen atoms in total. The molecule has 1 N–H and O–H groups in total. The van der Waals surface area contributed by atoms with Gasteiger partial charge in [-0.05, 0) is 37.8 Å². The average Bonchev–Trinajstić information content (AvgIpc) is 2.43. The second-order valence-electron chi connectivity index (χ2n) is 6.03. The van der Waals surface area contributed by atoms with Crippen LogP contribution in [0.15, 0.2) is 36.0 Å². The third-order valence-corrected chi connectivity index (χ3v) is 3.14. The van der Waals surface area contributed by atoms with Crippen molar-refractivity contribution in [2.75, 3.05) is 7.05 Å². The molecule has 0 fully saturated rings. The van der Waals surface area contributed by atoms with Crippen molar-refractivity contribution in [2.45, 2.75) is 46.1 Å². The van der Waals surface area contributed by atoms with E-state index < -0.39 is 0 Å². The summed E-state index contributed by atoms with van der Waals surface area (Å²) < 4.78 is 0. The summed E-state index contributed by atoms with van der Waals surface area (Å²) in [7, 11) is 2.06. The van der Waals surface area contributed by atoms with E-state index in [9.17, 15) is 0 Å². The number of allylic oxidation sites excluding steroid dienone is 5. The molecular formula is C15H25N. The van der Waals surface area contributed by atoms with Crippen molar-refractivity contribution >= 4 is 0 Å². The van der Waals surface area contributed by atoms with Gasteiger partial charge in [0, 0.05) is 5.54 Å². The van der Waals surface area contributed by atoms with Crippen molar-refractivity contribution in [1.29, 1.82) is 0 Å². The van der Waals surface area contributed by atoms with Gasteiger partial charge in [0.25, 0.3) is 0 Å². The molecule has 1 aliphatic rings. The molecule has 1 atom stereocenters. The van der Waals surface area contributed by atoms with Gasteiger partial charge in [0.1, 0.15) is 0 Å². The summed E-state index contributed by atoms with van der Waals surface area (Å²) in [6, 6.07) is 0. The van der Waals surface area contributed by atoms with Gasteiger partial charge in [-0.25, -0.2) is 0 Å². The summed E-state index contributed by atoms with van der Waals surface area (Å²) in [6.45, 7) is 9.19. The highest BCUT2D eigenvalue weighted by molar-refractivity contribution is 5.30. The molecule has 0 aliphatic heterocycles. The molecule has 16 heavy (non-hydrogen) atoms. The zero-order valence-corrected chi connectivity index (χ0v) is 11.3.